The molecule has 1 aromatic carbocycles. The SMILES string of the molecule is C/C=C/CCNC.C/C=C\CC=O.C=C1CNC(C(=C)C=C=CCC)C(C)/C1=N/NC.C=O.CC.CC.CC(=O)N1CCN(C)CC1.CC(C)C.c1ccccc1. The van der Waals surface area contributed by atoms with Crippen LogP contribution in [0.15, 0.2) is 108 Å². The summed E-state index contributed by atoms with van der Waals surface area (Å²) in [6.07, 6.45) is 15.4. The van der Waals surface area contributed by atoms with Crippen molar-refractivity contribution in [3.63, 3.8) is 0 Å². The number of nitrogens with zero attached hydrogens (tertiary/aromatic N) is 3. The number of likely N-dealkylation sites (N-methyl/N-ethyl adjacent to an activating group) is 1. The van der Waals surface area contributed by atoms with E-state index in [1.807, 2.05) is 128 Å². The molecule has 328 valence electrons. The summed E-state index contributed by atoms with van der Waals surface area (Å²) < 4.78 is 0. The van der Waals surface area contributed by atoms with E-state index in [0.717, 1.165) is 81.2 Å². The van der Waals surface area contributed by atoms with E-state index in [9.17, 15) is 9.59 Å². The number of benzene rings is 1. The minimum Gasteiger partial charge on any atom is -0.340 e. The van der Waals surface area contributed by atoms with E-state index in [4.69, 9.17) is 4.79 Å². The van der Waals surface area contributed by atoms with Crippen LogP contribution in [0.25, 0.3) is 0 Å². The summed E-state index contributed by atoms with van der Waals surface area (Å²) in [5.41, 5.74) is 9.08. The molecule has 2 unspecified atom stereocenters. The lowest BCUT2D eigenvalue weighted by atomic mass is 9.84. The van der Waals surface area contributed by atoms with Crippen molar-refractivity contribution in [3.8, 4) is 0 Å². The molecule has 2 fully saturated rings. The van der Waals surface area contributed by atoms with Crippen LogP contribution in [0.2, 0.25) is 0 Å². The van der Waals surface area contributed by atoms with Crippen LogP contribution >= 0.6 is 0 Å². The van der Waals surface area contributed by atoms with Crippen LogP contribution in [0.3, 0.4) is 0 Å². The van der Waals surface area contributed by atoms with Crippen LogP contribution < -0.4 is 16.1 Å². The Morgan fingerprint density at radius 1 is 0.965 bits per heavy atom. The third-order valence-corrected chi connectivity index (χ3v) is 6.93. The van der Waals surface area contributed by atoms with E-state index < -0.39 is 0 Å². The lowest BCUT2D eigenvalue weighted by Crippen LogP contribution is -2.47. The topological polar surface area (TPSA) is 106 Å². The zero-order chi connectivity index (χ0) is 45.3. The van der Waals surface area contributed by atoms with Crippen LogP contribution in [0.5, 0.6) is 0 Å². The summed E-state index contributed by atoms with van der Waals surface area (Å²) in [5.74, 6) is 1.29. The highest BCUT2D eigenvalue weighted by Crippen LogP contribution is 2.21. The maximum Gasteiger partial charge on any atom is 0.219 e. The van der Waals surface area contributed by atoms with Gasteiger partial charge in [0.2, 0.25) is 5.91 Å². The highest BCUT2D eigenvalue weighted by molar-refractivity contribution is 6.03. The molecule has 1 aromatic rings. The number of rotatable bonds is 9. The maximum absolute atomic E-state index is 10.8. The van der Waals surface area contributed by atoms with Gasteiger partial charge in [-0.15, -0.1) is 5.73 Å². The fourth-order valence-electron chi connectivity index (χ4n) is 4.20. The highest BCUT2D eigenvalue weighted by Gasteiger charge is 2.29. The van der Waals surface area contributed by atoms with Gasteiger partial charge in [-0.3, -0.25) is 4.79 Å². The maximum atomic E-state index is 10.8. The van der Waals surface area contributed by atoms with Gasteiger partial charge >= 0.3 is 0 Å². The lowest BCUT2D eigenvalue weighted by molar-refractivity contribution is -0.130. The van der Waals surface area contributed by atoms with Crippen molar-refractivity contribution >= 4 is 24.7 Å². The first-order chi connectivity index (χ1) is 27.4. The fourth-order valence-corrected chi connectivity index (χ4v) is 4.20. The Balaban J connectivity index is -0.000000143. The van der Waals surface area contributed by atoms with Crippen molar-refractivity contribution in [2.24, 2.45) is 16.9 Å². The molecule has 2 aliphatic heterocycles. The van der Waals surface area contributed by atoms with Gasteiger partial charge in [-0.1, -0.05) is 136 Å². The van der Waals surface area contributed by atoms with Gasteiger partial charge in [0.15, 0.2) is 0 Å². The second-order valence-electron chi connectivity index (χ2n) is 12.6. The van der Waals surface area contributed by atoms with E-state index in [-0.39, 0.29) is 17.9 Å². The third-order valence-electron chi connectivity index (χ3n) is 6.93. The van der Waals surface area contributed by atoms with Gasteiger partial charge in [-0.2, -0.15) is 5.10 Å². The van der Waals surface area contributed by atoms with E-state index in [0.29, 0.717) is 6.42 Å². The number of aldehydes is 1. The molecular weight excluding hydrogens is 709 g/mol. The van der Waals surface area contributed by atoms with Crippen LogP contribution in [-0.2, 0) is 14.4 Å². The molecule has 3 N–H and O–H groups in total. The van der Waals surface area contributed by atoms with Gasteiger partial charge in [-0.25, -0.2) is 0 Å². The molecule has 3 rings (SSSR count). The molecule has 57 heavy (non-hydrogen) atoms. The van der Waals surface area contributed by atoms with Gasteiger partial charge in [0, 0.05) is 65.1 Å². The Bertz CT molecular complexity index is 1150. The largest absolute Gasteiger partial charge is 0.340 e. The summed E-state index contributed by atoms with van der Waals surface area (Å²) in [5, 5.41) is 10.8. The molecule has 0 aromatic heterocycles. The monoisotopic (exact) mass is 797 g/mol. The van der Waals surface area contributed by atoms with E-state index in [2.05, 4.69) is 98.8 Å². The molecule has 0 bridgehead atoms. The second-order valence-corrected chi connectivity index (χ2v) is 12.6. The average molecular weight is 797 g/mol. The minimum atomic E-state index is 0.195. The molecule has 9 heteroatoms. The van der Waals surface area contributed by atoms with Crippen molar-refractivity contribution < 1.29 is 14.4 Å². The number of piperazine rings is 1. The van der Waals surface area contributed by atoms with Gasteiger partial charge in [0.1, 0.15) is 13.1 Å². The van der Waals surface area contributed by atoms with Crippen LogP contribution in [-0.4, -0.2) is 101 Å². The number of piperidine rings is 1. The molecule has 0 spiro atoms. The molecule has 1 amide bonds. The zero-order valence-electron chi connectivity index (χ0n) is 39.3. The number of hydrazone groups is 1. The predicted molar refractivity (Wildman–Crippen MR) is 254 cm³/mol. The Labute approximate surface area is 352 Å². The van der Waals surface area contributed by atoms with Crippen LogP contribution in [0.4, 0.5) is 0 Å². The van der Waals surface area contributed by atoms with Crippen molar-refractivity contribution in [2.75, 3.05) is 60.4 Å². The molecule has 2 saturated heterocycles. The smallest absolute Gasteiger partial charge is 0.219 e. The summed E-state index contributed by atoms with van der Waals surface area (Å²) in [4.78, 5) is 32.4. The zero-order valence-corrected chi connectivity index (χ0v) is 39.3. The van der Waals surface area contributed by atoms with E-state index in [1.165, 1.54) is 0 Å². The van der Waals surface area contributed by atoms with Crippen LogP contribution in [0.1, 0.15) is 102 Å². The molecule has 0 saturated carbocycles. The number of hydrogen-bond donors (Lipinski definition) is 3. The van der Waals surface area contributed by atoms with Gasteiger partial charge in [-0.05, 0) is 76.5 Å². The van der Waals surface area contributed by atoms with Crippen molar-refractivity contribution in [1.29, 1.82) is 0 Å². The second kappa shape index (κ2) is 54.0. The number of amides is 1. The number of carbonyl (C=O) groups is 3. The van der Waals surface area contributed by atoms with Crippen molar-refractivity contribution in [1.82, 2.24) is 25.9 Å². The summed E-state index contributed by atoms with van der Waals surface area (Å²) in [6, 6.07) is 12.2. The highest BCUT2D eigenvalue weighted by atomic mass is 16.2. The minimum absolute atomic E-state index is 0.195. The summed E-state index contributed by atoms with van der Waals surface area (Å²) in [7, 11) is 5.85. The Morgan fingerprint density at radius 3 is 1.79 bits per heavy atom. The molecule has 2 heterocycles. The first-order valence-electron chi connectivity index (χ1n) is 20.7. The number of allylic oxidation sites excluding steroid dienone is 3. The fraction of sp³-hybridized carbons (Fsp3) is 0.562. The van der Waals surface area contributed by atoms with Gasteiger partial charge in [0.05, 0.1) is 5.71 Å². The molecule has 2 aliphatic rings. The standard InChI is InChI=1S/C15H23N3.C7H14N2O.C6H13N.C6H6.C5H8O.C4H10.2C2H6.CH2O/c1-6-7-8-9-11(2)14-13(4)15(18-16-5)12(3)10-17-14;1-7(10)9-5-3-8(2)4-6-9;1-3-4-5-6-7-2;1-2-4-6-5-3-1;1-2-3-4-5-6;1-4(2)3;3*1-2/h7,9,13-14,16-17H,2-3,6,10H2,1,4-5H3;3-6H2,1-2H3;3-4,7H,5-6H2,1-2H3;1-6H;2-3,5H,4H2,1H3;4H,1-3H3;2*1-2H3;1H2/b18-15+;;4-3+;;3-2-;;;;. The normalized spacial score (nSPS) is 15.8. The van der Waals surface area contributed by atoms with E-state index >= 15 is 0 Å². The molecule has 9 nitrogen and oxygen atoms in total. The quantitative estimate of drug-likeness (QED) is 0.0571. The number of nitrogens with one attached hydrogen (secondary N) is 3. The first-order valence-corrected chi connectivity index (χ1v) is 20.7. The number of carbonyl (C=O) groups excluding carboxylic acids is 3. The van der Waals surface area contributed by atoms with Gasteiger partial charge in [0.25, 0.3) is 0 Å². The molecule has 0 aliphatic carbocycles. The van der Waals surface area contributed by atoms with Crippen molar-refractivity contribution in [2.45, 2.75) is 108 Å². The summed E-state index contributed by atoms with van der Waals surface area (Å²) in [6.45, 7) is 40.1. The van der Waals surface area contributed by atoms with E-state index in [1.54, 1.807) is 6.92 Å². The average Bonchev–Trinajstić information content (AvgIpc) is 3.23. The van der Waals surface area contributed by atoms with Crippen LogP contribution in [0, 0.1) is 11.8 Å². The Hall–Kier alpha value is -4.14. The first kappa shape index (κ1) is 64.7. The van der Waals surface area contributed by atoms with Crippen molar-refractivity contribution in [3.05, 3.63) is 103 Å². The Morgan fingerprint density at radius 2 is 1.44 bits per heavy atom. The third kappa shape index (κ3) is 47.9. The Kier molecular flexibility index (Phi) is 61.3. The number of hydrogen-bond acceptors (Lipinski definition) is 8. The summed E-state index contributed by atoms with van der Waals surface area (Å²) >= 11 is 0. The predicted octanol–water partition coefficient (Wildman–Crippen LogP) is 9.72. The van der Waals surface area contributed by atoms with Gasteiger partial charge < -0.3 is 35.4 Å². The lowest BCUT2D eigenvalue weighted by Gasteiger charge is -2.33. The molecule has 2 atom stereocenters. The molecule has 0 radical (unpaired) electrons. The molecular formula is C48H88N6O3.